The Hall–Kier alpha value is -1.88. The number of nitrogens with zero attached hydrogens (tertiary/aromatic N) is 1. The Balaban J connectivity index is 1.36. The summed E-state index contributed by atoms with van der Waals surface area (Å²) in [6.07, 6.45) is 3.32. The molecule has 2 atom stereocenters. The SMILES string of the molecule is O=C(O)C1CCC1C(=O)NCCCN1CCc2ccccc2C1. The van der Waals surface area contributed by atoms with Crippen molar-refractivity contribution < 1.29 is 14.7 Å². The minimum atomic E-state index is -0.844. The van der Waals surface area contributed by atoms with Crippen LogP contribution in [0.3, 0.4) is 0 Å². The zero-order valence-electron chi connectivity index (χ0n) is 13.3. The first-order chi connectivity index (χ1) is 11.1. The van der Waals surface area contributed by atoms with Crippen LogP contribution in [0.5, 0.6) is 0 Å². The van der Waals surface area contributed by atoms with Crippen molar-refractivity contribution in [3.05, 3.63) is 35.4 Å². The van der Waals surface area contributed by atoms with Crippen LogP contribution in [-0.4, -0.2) is 41.5 Å². The standard InChI is InChI=1S/C18H24N2O3/c21-17(15-6-7-16(15)18(22)23)19-9-3-10-20-11-8-13-4-1-2-5-14(13)12-20/h1-2,4-5,15-16H,3,6-12H2,(H,19,21)(H,22,23). The highest BCUT2D eigenvalue weighted by atomic mass is 16.4. The monoisotopic (exact) mass is 316 g/mol. The van der Waals surface area contributed by atoms with Gasteiger partial charge in [-0.3, -0.25) is 14.5 Å². The predicted molar refractivity (Wildman–Crippen MR) is 86.9 cm³/mol. The Morgan fingerprint density at radius 3 is 2.61 bits per heavy atom. The second-order valence-electron chi connectivity index (χ2n) is 6.57. The third kappa shape index (κ3) is 3.72. The number of hydrogen-bond acceptors (Lipinski definition) is 3. The van der Waals surface area contributed by atoms with Gasteiger partial charge in [-0.1, -0.05) is 24.3 Å². The largest absolute Gasteiger partial charge is 0.481 e. The molecule has 1 saturated carbocycles. The molecule has 5 nitrogen and oxygen atoms in total. The normalized spacial score (nSPS) is 23.7. The highest BCUT2D eigenvalue weighted by Crippen LogP contribution is 2.34. The molecule has 0 spiro atoms. The maximum atomic E-state index is 12.0. The molecule has 1 aliphatic carbocycles. The van der Waals surface area contributed by atoms with E-state index in [4.69, 9.17) is 5.11 Å². The smallest absolute Gasteiger partial charge is 0.307 e. The van der Waals surface area contributed by atoms with Gasteiger partial charge >= 0.3 is 5.97 Å². The molecule has 124 valence electrons. The number of aliphatic carboxylic acids is 1. The Morgan fingerprint density at radius 1 is 1.17 bits per heavy atom. The number of amides is 1. The van der Waals surface area contributed by atoms with Crippen molar-refractivity contribution in [1.29, 1.82) is 0 Å². The van der Waals surface area contributed by atoms with Gasteiger partial charge in [0.05, 0.1) is 11.8 Å². The first-order valence-electron chi connectivity index (χ1n) is 8.45. The molecule has 1 aromatic carbocycles. The van der Waals surface area contributed by atoms with Crippen LogP contribution >= 0.6 is 0 Å². The molecule has 2 aliphatic rings. The molecule has 1 heterocycles. The number of carboxylic acid groups (broad SMARTS) is 1. The molecule has 5 heteroatoms. The fraction of sp³-hybridized carbons (Fsp3) is 0.556. The molecule has 0 bridgehead atoms. The zero-order valence-corrected chi connectivity index (χ0v) is 13.3. The summed E-state index contributed by atoms with van der Waals surface area (Å²) in [5.74, 6) is -1.74. The third-order valence-corrected chi connectivity index (χ3v) is 5.09. The zero-order chi connectivity index (χ0) is 16.2. The van der Waals surface area contributed by atoms with Gasteiger partial charge in [-0.2, -0.15) is 0 Å². The first-order valence-corrected chi connectivity index (χ1v) is 8.45. The average molecular weight is 316 g/mol. The van der Waals surface area contributed by atoms with E-state index in [-0.39, 0.29) is 11.8 Å². The summed E-state index contributed by atoms with van der Waals surface area (Å²) in [7, 11) is 0. The number of carbonyl (C=O) groups is 2. The molecule has 2 N–H and O–H groups in total. The lowest BCUT2D eigenvalue weighted by Crippen LogP contribution is -2.44. The highest BCUT2D eigenvalue weighted by Gasteiger charge is 2.41. The molecule has 1 aromatic rings. The molecule has 1 aliphatic heterocycles. The molecular formula is C18H24N2O3. The lowest BCUT2D eigenvalue weighted by molar-refractivity contribution is -0.152. The number of benzene rings is 1. The van der Waals surface area contributed by atoms with E-state index in [2.05, 4.69) is 34.5 Å². The molecular weight excluding hydrogens is 292 g/mol. The van der Waals surface area contributed by atoms with Gasteiger partial charge in [0.1, 0.15) is 0 Å². The second-order valence-corrected chi connectivity index (χ2v) is 6.57. The summed E-state index contributed by atoms with van der Waals surface area (Å²) in [5.41, 5.74) is 2.85. The topological polar surface area (TPSA) is 69.6 Å². The third-order valence-electron chi connectivity index (χ3n) is 5.09. The van der Waals surface area contributed by atoms with Crippen LogP contribution in [0.1, 0.15) is 30.4 Å². The van der Waals surface area contributed by atoms with E-state index in [0.717, 1.165) is 32.5 Å². The molecule has 0 saturated heterocycles. The maximum absolute atomic E-state index is 12.0. The van der Waals surface area contributed by atoms with Gasteiger partial charge in [0, 0.05) is 26.2 Å². The van der Waals surface area contributed by atoms with Crippen molar-refractivity contribution in [2.45, 2.75) is 32.2 Å². The Kier molecular flexibility index (Phi) is 4.96. The van der Waals surface area contributed by atoms with Crippen molar-refractivity contribution >= 4 is 11.9 Å². The van der Waals surface area contributed by atoms with Gasteiger partial charge in [0.15, 0.2) is 0 Å². The number of fused-ring (bicyclic) bond motifs is 1. The van der Waals surface area contributed by atoms with Crippen LogP contribution in [-0.2, 0) is 22.6 Å². The van der Waals surface area contributed by atoms with Gasteiger partial charge < -0.3 is 10.4 Å². The average Bonchev–Trinajstić information content (AvgIpc) is 2.49. The van der Waals surface area contributed by atoms with E-state index < -0.39 is 11.9 Å². The van der Waals surface area contributed by atoms with Gasteiger partial charge in [0.25, 0.3) is 0 Å². The van der Waals surface area contributed by atoms with Crippen LogP contribution < -0.4 is 5.32 Å². The quantitative estimate of drug-likeness (QED) is 0.783. The molecule has 0 radical (unpaired) electrons. The number of carboxylic acids is 1. The van der Waals surface area contributed by atoms with Gasteiger partial charge in [-0.05, 0) is 36.8 Å². The fourth-order valence-corrected chi connectivity index (χ4v) is 3.50. The van der Waals surface area contributed by atoms with E-state index in [1.807, 2.05) is 0 Å². The molecule has 0 aromatic heterocycles. The van der Waals surface area contributed by atoms with Crippen LogP contribution in [0.4, 0.5) is 0 Å². The van der Waals surface area contributed by atoms with Crippen molar-refractivity contribution in [1.82, 2.24) is 10.2 Å². The number of rotatable bonds is 6. The Bertz CT molecular complexity index is 587. The predicted octanol–water partition coefficient (Wildman–Crippen LogP) is 1.66. The minimum absolute atomic E-state index is 0.0901. The van der Waals surface area contributed by atoms with Gasteiger partial charge in [0.2, 0.25) is 5.91 Å². The summed E-state index contributed by atoms with van der Waals surface area (Å²) < 4.78 is 0. The number of carbonyl (C=O) groups excluding carboxylic acids is 1. The van der Waals surface area contributed by atoms with Crippen LogP contribution in [0.25, 0.3) is 0 Å². The van der Waals surface area contributed by atoms with Crippen molar-refractivity contribution in [2.75, 3.05) is 19.6 Å². The van der Waals surface area contributed by atoms with Crippen molar-refractivity contribution in [3.63, 3.8) is 0 Å². The van der Waals surface area contributed by atoms with Crippen LogP contribution in [0, 0.1) is 11.8 Å². The maximum Gasteiger partial charge on any atom is 0.307 e. The minimum Gasteiger partial charge on any atom is -0.481 e. The fourth-order valence-electron chi connectivity index (χ4n) is 3.50. The molecule has 1 amide bonds. The Labute approximate surface area is 136 Å². The van der Waals surface area contributed by atoms with E-state index in [9.17, 15) is 9.59 Å². The number of nitrogens with one attached hydrogen (secondary N) is 1. The van der Waals surface area contributed by atoms with Gasteiger partial charge in [-0.25, -0.2) is 0 Å². The van der Waals surface area contributed by atoms with Gasteiger partial charge in [-0.15, -0.1) is 0 Å². The number of hydrogen-bond donors (Lipinski definition) is 2. The van der Waals surface area contributed by atoms with Crippen molar-refractivity contribution in [2.24, 2.45) is 11.8 Å². The summed E-state index contributed by atoms with van der Waals surface area (Å²) in [6.45, 7) is 3.63. The van der Waals surface area contributed by atoms with E-state index in [1.165, 1.54) is 11.1 Å². The van der Waals surface area contributed by atoms with E-state index >= 15 is 0 Å². The summed E-state index contributed by atoms with van der Waals surface area (Å²) in [5, 5.41) is 11.9. The molecule has 23 heavy (non-hydrogen) atoms. The second kappa shape index (κ2) is 7.13. The van der Waals surface area contributed by atoms with E-state index in [0.29, 0.717) is 19.4 Å². The molecule has 1 fully saturated rings. The first kappa shape index (κ1) is 16.0. The van der Waals surface area contributed by atoms with Crippen molar-refractivity contribution in [3.8, 4) is 0 Å². The Morgan fingerprint density at radius 2 is 1.91 bits per heavy atom. The molecule has 2 unspecified atom stereocenters. The van der Waals surface area contributed by atoms with Crippen LogP contribution in [0.15, 0.2) is 24.3 Å². The van der Waals surface area contributed by atoms with E-state index in [1.54, 1.807) is 0 Å². The highest BCUT2D eigenvalue weighted by molar-refractivity contribution is 5.86. The lowest BCUT2D eigenvalue weighted by atomic mass is 9.73. The summed E-state index contributed by atoms with van der Waals surface area (Å²) in [6, 6.07) is 8.56. The van der Waals surface area contributed by atoms with Crippen LogP contribution in [0.2, 0.25) is 0 Å². The summed E-state index contributed by atoms with van der Waals surface area (Å²) >= 11 is 0. The molecule has 3 rings (SSSR count). The summed E-state index contributed by atoms with van der Waals surface area (Å²) in [4.78, 5) is 25.3. The lowest BCUT2D eigenvalue weighted by Gasteiger charge is -2.32.